The van der Waals surface area contributed by atoms with Crippen LogP contribution in [0, 0.1) is 41.5 Å². The molecule has 0 atom stereocenters. The van der Waals surface area contributed by atoms with E-state index in [9.17, 15) is 68.3 Å². The number of nitrogens with zero attached hydrogens (tertiary/aromatic N) is 1. The second kappa shape index (κ2) is 20.9. The topological polar surface area (TPSA) is 358 Å². The zero-order valence-corrected chi connectivity index (χ0v) is 44.2. The van der Waals surface area contributed by atoms with Gasteiger partial charge in [-0.15, -0.1) is 0 Å². The van der Waals surface area contributed by atoms with Gasteiger partial charge in [0.15, 0.2) is 0 Å². The van der Waals surface area contributed by atoms with Crippen LogP contribution in [0.5, 0.6) is 0 Å². The van der Waals surface area contributed by atoms with E-state index >= 15 is 0 Å². The number of carbonyl (C=O) groups is 4. The predicted molar refractivity (Wildman–Crippen MR) is 290 cm³/mol. The molecule has 0 saturated heterocycles. The monoisotopic (exact) mass is 1120 g/mol. The minimum Gasteiger partial charge on any atom is -0.478 e. The Labute approximate surface area is 445 Å². The molecular formula is C53H46N6O16S3. The molecule has 6 aromatic carbocycles. The van der Waals surface area contributed by atoms with Gasteiger partial charge in [0, 0.05) is 51.3 Å². The number of anilines is 6. The van der Waals surface area contributed by atoms with E-state index in [-0.39, 0.29) is 84.4 Å². The standard InChI is InChI=1S/C53H46N6O16S3/c1-25-17-27(3)48(58-52(64)54-33-13-9-11-31(19-33)50(60)61)29(5)46(25)56-38-23-40-36(21-43(38)77(69,70)71)45(35-15-7-8-16-42(35)76(66,67)68)37-22-44(78(72,73)74)39(24-41(37)75-40)57-47-26(2)18-28(4)49(30(47)6)59-53(65)55-34-14-10-12-32(20-34)51(62)63/h7-24,56H,1-6H3,(H,60,61)(H,62,63)(H2,54,58,64)(H2,55,59,65)(H,66,67,68)(H,69,70,71)(H,72,73,74). The molecule has 25 heteroatoms. The van der Waals surface area contributed by atoms with Gasteiger partial charge in [0.1, 0.15) is 26.0 Å². The van der Waals surface area contributed by atoms with Gasteiger partial charge in [-0.3, -0.25) is 13.7 Å². The van der Waals surface area contributed by atoms with E-state index in [1.54, 1.807) is 53.7 Å². The molecule has 0 unspecified atom stereocenters. The largest absolute Gasteiger partial charge is 0.478 e. The van der Waals surface area contributed by atoms with Gasteiger partial charge in [0.25, 0.3) is 30.4 Å². The number of rotatable bonds is 13. The number of aryl methyl sites for hydroxylation is 4. The van der Waals surface area contributed by atoms with E-state index < -0.39 is 74.4 Å². The number of carboxylic acids is 2. The predicted octanol–water partition coefficient (Wildman–Crippen LogP) is 10.5. The van der Waals surface area contributed by atoms with Crippen LogP contribution in [0.25, 0.3) is 33.4 Å². The molecule has 402 valence electrons. The average Bonchev–Trinajstić information content (AvgIpc) is 3.53. The van der Waals surface area contributed by atoms with E-state index in [4.69, 9.17) is 4.42 Å². The highest BCUT2D eigenvalue weighted by molar-refractivity contribution is 7.86. The normalized spacial score (nSPS) is 12.1. The molecule has 4 amide bonds. The molecule has 1 aliphatic carbocycles. The summed E-state index contributed by atoms with van der Waals surface area (Å²) in [5.41, 5.74) is 2.37. The lowest BCUT2D eigenvalue weighted by Gasteiger charge is -2.22. The summed E-state index contributed by atoms with van der Waals surface area (Å²) < 4.78 is 118. The number of hydrogen-bond donors (Lipinski definition) is 10. The van der Waals surface area contributed by atoms with Gasteiger partial charge in [-0.05, 0) is 130 Å². The smallest absolute Gasteiger partial charge is 0.335 e. The molecule has 0 aromatic heterocycles. The molecule has 8 rings (SSSR count). The van der Waals surface area contributed by atoms with Crippen molar-refractivity contribution in [3.8, 4) is 22.5 Å². The van der Waals surface area contributed by atoms with Crippen molar-refractivity contribution in [2.24, 2.45) is 4.99 Å². The van der Waals surface area contributed by atoms with Crippen LogP contribution in [0.15, 0.2) is 133 Å². The van der Waals surface area contributed by atoms with Crippen molar-refractivity contribution in [3.63, 3.8) is 0 Å². The number of nitrogens with one attached hydrogen (secondary N) is 5. The highest BCUT2D eigenvalue weighted by atomic mass is 32.2. The van der Waals surface area contributed by atoms with E-state index in [2.05, 4.69) is 31.6 Å². The molecule has 0 saturated carbocycles. The number of benzene rings is 7. The minimum absolute atomic E-state index is 0.0785. The summed E-state index contributed by atoms with van der Waals surface area (Å²) in [6.45, 7) is 9.87. The Morgan fingerprint density at radius 3 is 1.55 bits per heavy atom. The lowest BCUT2D eigenvalue weighted by atomic mass is 9.93. The van der Waals surface area contributed by atoms with Gasteiger partial charge < -0.3 is 41.2 Å². The van der Waals surface area contributed by atoms with Crippen LogP contribution >= 0.6 is 0 Å². The second-order valence-corrected chi connectivity index (χ2v) is 22.1. The third kappa shape index (κ3) is 11.4. The lowest BCUT2D eigenvalue weighted by Crippen LogP contribution is -2.21. The maximum atomic E-state index is 13.5. The SMILES string of the molecule is Cc1cc(C)c(NC(=O)Nc2cccc(C(=O)O)c2)c(C)c1N=c1cc2oc3cc(Nc4c(C)cc(C)c(NC(=O)Nc5cccc(C(=O)O)c5)c4C)c(S(=O)(=O)O)cc3c(-c3ccccc3S(=O)(=O)O)c-2cc1S(=O)(=O)O. The molecule has 0 fully saturated rings. The Morgan fingerprint density at radius 2 is 1.01 bits per heavy atom. The van der Waals surface area contributed by atoms with Crippen LogP contribution in [0.1, 0.15) is 54.1 Å². The van der Waals surface area contributed by atoms with Crippen molar-refractivity contribution >= 4 is 105 Å². The molecule has 1 heterocycles. The minimum atomic E-state index is -5.28. The van der Waals surface area contributed by atoms with E-state index in [0.717, 1.165) is 30.3 Å². The Kier molecular flexibility index (Phi) is 14.8. The summed E-state index contributed by atoms with van der Waals surface area (Å²) >= 11 is 0. The van der Waals surface area contributed by atoms with Crippen LogP contribution in [-0.4, -0.2) is 73.1 Å². The van der Waals surface area contributed by atoms with Crippen molar-refractivity contribution in [1.29, 1.82) is 0 Å². The van der Waals surface area contributed by atoms with Crippen molar-refractivity contribution in [2.75, 3.05) is 26.6 Å². The first-order valence-corrected chi connectivity index (χ1v) is 27.3. The highest BCUT2D eigenvalue weighted by Crippen LogP contribution is 2.46. The van der Waals surface area contributed by atoms with Crippen LogP contribution in [-0.2, 0) is 30.4 Å². The maximum Gasteiger partial charge on any atom is 0.335 e. The fourth-order valence-electron chi connectivity index (χ4n) is 9.10. The summed E-state index contributed by atoms with van der Waals surface area (Å²) in [6, 6.07) is 21.8. The number of carbonyl (C=O) groups excluding carboxylic acids is 2. The maximum absolute atomic E-state index is 13.5. The third-order valence-corrected chi connectivity index (χ3v) is 15.2. The first-order valence-electron chi connectivity index (χ1n) is 23.0. The Balaban J connectivity index is 1.33. The lowest BCUT2D eigenvalue weighted by molar-refractivity contribution is 0.0686. The number of aromatic carboxylic acids is 2. The average molecular weight is 1120 g/mol. The fourth-order valence-corrected chi connectivity index (χ4v) is 11.1. The Bertz CT molecular complexity index is 4290. The molecule has 0 bridgehead atoms. The molecule has 78 heavy (non-hydrogen) atoms. The Morgan fingerprint density at radius 1 is 0.500 bits per heavy atom. The highest BCUT2D eigenvalue weighted by Gasteiger charge is 2.30. The van der Waals surface area contributed by atoms with Crippen LogP contribution in [0.4, 0.5) is 49.4 Å². The molecule has 10 N–H and O–H groups in total. The van der Waals surface area contributed by atoms with Crippen LogP contribution in [0.3, 0.4) is 0 Å². The van der Waals surface area contributed by atoms with Crippen molar-refractivity contribution in [3.05, 3.63) is 159 Å². The number of hydrogen-bond acceptors (Lipinski definition) is 13. The number of carboxylic acid groups (broad SMARTS) is 2. The molecule has 2 aliphatic rings. The first kappa shape index (κ1) is 55.3. The van der Waals surface area contributed by atoms with Crippen LogP contribution < -0.4 is 31.9 Å². The van der Waals surface area contributed by atoms with Gasteiger partial charge in [-0.1, -0.05) is 42.5 Å². The molecule has 22 nitrogen and oxygen atoms in total. The summed E-state index contributed by atoms with van der Waals surface area (Å²) in [4.78, 5) is 52.0. The van der Waals surface area contributed by atoms with E-state index in [1.165, 1.54) is 66.7 Å². The molecule has 6 aromatic rings. The van der Waals surface area contributed by atoms with Crippen LogP contribution in [0.2, 0.25) is 0 Å². The van der Waals surface area contributed by atoms with E-state index in [0.29, 0.717) is 33.4 Å². The quantitative estimate of drug-likeness (QED) is 0.0379. The molecular weight excluding hydrogens is 1070 g/mol. The molecule has 0 radical (unpaired) electrons. The number of amides is 4. The molecule has 1 aliphatic heterocycles. The van der Waals surface area contributed by atoms with Crippen molar-refractivity contribution in [1.82, 2.24) is 0 Å². The van der Waals surface area contributed by atoms with Gasteiger partial charge in [0.2, 0.25) is 0 Å². The third-order valence-electron chi connectivity index (χ3n) is 12.5. The summed E-state index contributed by atoms with van der Waals surface area (Å²) in [6.07, 6.45) is 0. The van der Waals surface area contributed by atoms with Gasteiger partial charge in [-0.2, -0.15) is 25.3 Å². The number of fused-ring (bicyclic) bond motifs is 2. The first-order chi connectivity index (χ1) is 36.5. The zero-order valence-electron chi connectivity index (χ0n) is 41.8. The molecule has 0 spiro atoms. The fraction of sp³-hybridized carbons (Fsp3) is 0.113. The summed E-state index contributed by atoms with van der Waals surface area (Å²) in [7, 11) is -15.6. The Hall–Kier alpha value is -8.98. The van der Waals surface area contributed by atoms with Crippen molar-refractivity contribution < 1.29 is 72.7 Å². The zero-order chi connectivity index (χ0) is 56.9. The number of urea groups is 2. The second-order valence-electron chi connectivity index (χ2n) is 18.0. The van der Waals surface area contributed by atoms with E-state index in [1.807, 2.05) is 0 Å². The van der Waals surface area contributed by atoms with Gasteiger partial charge in [0.05, 0.1) is 39.2 Å². The van der Waals surface area contributed by atoms with Crippen molar-refractivity contribution in [2.45, 2.75) is 56.2 Å². The van der Waals surface area contributed by atoms with Gasteiger partial charge >= 0.3 is 24.0 Å². The summed E-state index contributed by atoms with van der Waals surface area (Å²) in [5, 5.41) is 31.8. The summed E-state index contributed by atoms with van der Waals surface area (Å²) in [5.74, 6) is -2.67. The van der Waals surface area contributed by atoms with Gasteiger partial charge in [-0.25, -0.2) is 24.2 Å².